The zero-order valence-corrected chi connectivity index (χ0v) is 19.3. The molecule has 2 aromatic carbocycles. The van der Waals surface area contributed by atoms with E-state index in [-0.39, 0.29) is 28.1 Å². The minimum Gasteiger partial charge on any atom is -0.352 e. The first-order valence-electron chi connectivity index (χ1n) is 10.8. The second-order valence-electron chi connectivity index (χ2n) is 8.33. The van der Waals surface area contributed by atoms with Gasteiger partial charge in [-0.2, -0.15) is 0 Å². The Balaban J connectivity index is 1.50. The molecule has 1 aliphatic rings. The topological polar surface area (TPSA) is 98.1 Å². The fourth-order valence-corrected chi connectivity index (χ4v) is 5.48. The number of carbonyl (C=O) groups is 2. The number of ketones is 2. The minimum atomic E-state index is -3.86. The van der Waals surface area contributed by atoms with Gasteiger partial charge in [0.15, 0.2) is 11.4 Å². The number of rotatable bonds is 5. The molecule has 0 amide bonds. The summed E-state index contributed by atoms with van der Waals surface area (Å²) in [4.78, 5) is 30.6. The maximum Gasteiger partial charge on any atom is 0.269 e. The smallest absolute Gasteiger partial charge is 0.269 e. The number of anilines is 1. The molecule has 1 aliphatic carbocycles. The van der Waals surface area contributed by atoms with Crippen LogP contribution in [0.2, 0.25) is 0 Å². The Morgan fingerprint density at radius 2 is 1.53 bits per heavy atom. The van der Waals surface area contributed by atoms with Gasteiger partial charge in [0.05, 0.1) is 10.6 Å². The normalized spacial score (nSPS) is 14.1. The molecule has 0 radical (unpaired) electrons. The summed E-state index contributed by atoms with van der Waals surface area (Å²) in [5.41, 5.74) is 2.23. The molecule has 2 aromatic heterocycles. The molecule has 2 heterocycles. The van der Waals surface area contributed by atoms with Gasteiger partial charge in [-0.15, -0.1) is 0 Å². The molecule has 0 saturated carbocycles. The van der Waals surface area contributed by atoms with Crippen LogP contribution >= 0.6 is 0 Å². The number of aromatic nitrogens is 2. The van der Waals surface area contributed by atoms with Crippen molar-refractivity contribution in [2.45, 2.75) is 18.7 Å². The summed E-state index contributed by atoms with van der Waals surface area (Å²) in [6.07, 6.45) is 3.02. The summed E-state index contributed by atoms with van der Waals surface area (Å²) in [5.74, 6) is -0.624. The van der Waals surface area contributed by atoms with Crippen LogP contribution < -0.4 is 5.32 Å². The second kappa shape index (κ2) is 8.07. The number of Topliss-reactive ketones (excluding diaryl/α,β-unsaturated/α-hetero) is 2. The van der Waals surface area contributed by atoms with E-state index in [4.69, 9.17) is 0 Å². The molecule has 0 bridgehead atoms. The van der Waals surface area contributed by atoms with Gasteiger partial charge < -0.3 is 5.32 Å². The Labute approximate surface area is 196 Å². The Bertz CT molecular complexity index is 1600. The molecule has 0 aliphatic heterocycles. The van der Waals surface area contributed by atoms with Gasteiger partial charge in [-0.1, -0.05) is 38.1 Å². The molecule has 0 atom stereocenters. The molecule has 0 saturated heterocycles. The van der Waals surface area contributed by atoms with Gasteiger partial charge in [0, 0.05) is 40.2 Å². The third kappa shape index (κ3) is 3.43. The van der Waals surface area contributed by atoms with Gasteiger partial charge >= 0.3 is 0 Å². The average Bonchev–Trinajstić information content (AvgIpc) is 3.28. The predicted molar refractivity (Wildman–Crippen MR) is 129 cm³/mol. The number of nitrogens with zero attached hydrogens (tertiary/aromatic N) is 2. The highest BCUT2D eigenvalue weighted by Crippen LogP contribution is 2.31. The van der Waals surface area contributed by atoms with Crippen molar-refractivity contribution in [2.24, 2.45) is 5.92 Å². The van der Waals surface area contributed by atoms with E-state index >= 15 is 0 Å². The Kier molecular flexibility index (Phi) is 5.17. The Hall–Kier alpha value is -4.04. The number of hydrogen-bond acceptors (Lipinski definition) is 6. The van der Waals surface area contributed by atoms with Crippen molar-refractivity contribution < 1.29 is 18.0 Å². The Morgan fingerprint density at radius 1 is 0.853 bits per heavy atom. The maximum absolute atomic E-state index is 13.2. The average molecular weight is 472 g/mol. The van der Waals surface area contributed by atoms with Crippen LogP contribution in [0.4, 0.5) is 5.69 Å². The lowest BCUT2D eigenvalue weighted by Crippen LogP contribution is -2.28. The van der Waals surface area contributed by atoms with Gasteiger partial charge in [0.25, 0.3) is 10.0 Å². The molecule has 4 aromatic rings. The van der Waals surface area contributed by atoms with Crippen molar-refractivity contribution in [1.82, 2.24) is 8.96 Å². The summed E-state index contributed by atoms with van der Waals surface area (Å²) >= 11 is 0. The molecular weight excluding hydrogens is 450 g/mol. The third-order valence-electron chi connectivity index (χ3n) is 5.83. The standard InChI is InChI=1S/C26H21N3O4S/c1-16(2)22-23(25(31)21-8-4-3-7-20(21)24(22)30)28-18-9-11-19(12-10-18)34(32,33)29-15-13-17-6-5-14-27-26(17)29/h3-16,28H,1-2H3. The lowest BCUT2D eigenvalue weighted by Gasteiger charge is -2.24. The molecule has 1 N–H and O–H groups in total. The van der Waals surface area contributed by atoms with Gasteiger partial charge in [-0.3, -0.25) is 9.59 Å². The summed E-state index contributed by atoms with van der Waals surface area (Å²) in [6, 6.07) is 18.1. The van der Waals surface area contributed by atoms with Crippen LogP contribution in [0.5, 0.6) is 0 Å². The summed E-state index contributed by atoms with van der Waals surface area (Å²) in [7, 11) is -3.86. The van der Waals surface area contributed by atoms with E-state index in [1.54, 1.807) is 60.8 Å². The van der Waals surface area contributed by atoms with Crippen LogP contribution in [-0.4, -0.2) is 28.9 Å². The highest BCUT2D eigenvalue weighted by Gasteiger charge is 2.33. The molecule has 170 valence electrons. The van der Waals surface area contributed by atoms with Crippen molar-refractivity contribution in [1.29, 1.82) is 0 Å². The van der Waals surface area contributed by atoms with Crippen molar-refractivity contribution in [2.75, 3.05) is 5.32 Å². The predicted octanol–water partition coefficient (Wildman–Crippen LogP) is 4.67. The van der Waals surface area contributed by atoms with Gasteiger partial charge in [-0.25, -0.2) is 17.4 Å². The SMILES string of the molecule is CC(C)C1=C(Nc2ccc(S(=O)(=O)n3ccc4cccnc43)cc2)C(=O)c2ccccc2C1=O. The molecule has 0 unspecified atom stereocenters. The minimum absolute atomic E-state index is 0.0793. The first-order chi connectivity index (χ1) is 16.3. The fourth-order valence-electron chi connectivity index (χ4n) is 4.17. The fraction of sp³-hybridized carbons (Fsp3) is 0.115. The quantitative estimate of drug-likeness (QED) is 0.454. The number of benzene rings is 2. The molecule has 0 fully saturated rings. The van der Waals surface area contributed by atoms with E-state index in [0.29, 0.717) is 28.0 Å². The van der Waals surface area contributed by atoms with Crippen LogP contribution in [0.15, 0.2) is 95.3 Å². The summed E-state index contributed by atoms with van der Waals surface area (Å²) in [6.45, 7) is 3.72. The number of pyridine rings is 1. The van der Waals surface area contributed by atoms with Crippen LogP contribution in [0, 0.1) is 5.92 Å². The molecular formula is C26H21N3O4S. The zero-order chi connectivity index (χ0) is 24.0. The molecule has 8 heteroatoms. The highest BCUT2D eigenvalue weighted by molar-refractivity contribution is 7.90. The largest absolute Gasteiger partial charge is 0.352 e. The third-order valence-corrected chi connectivity index (χ3v) is 7.51. The number of fused-ring (bicyclic) bond motifs is 2. The van der Waals surface area contributed by atoms with Crippen molar-refractivity contribution in [3.8, 4) is 0 Å². The highest BCUT2D eigenvalue weighted by atomic mass is 32.2. The Morgan fingerprint density at radius 3 is 2.21 bits per heavy atom. The summed E-state index contributed by atoms with van der Waals surface area (Å²) in [5, 5.41) is 3.79. The van der Waals surface area contributed by atoms with E-state index in [9.17, 15) is 18.0 Å². The maximum atomic E-state index is 13.2. The van der Waals surface area contributed by atoms with E-state index in [1.807, 2.05) is 13.8 Å². The lowest BCUT2D eigenvalue weighted by molar-refractivity contribution is 0.0968. The van der Waals surface area contributed by atoms with Crippen LogP contribution in [0.3, 0.4) is 0 Å². The van der Waals surface area contributed by atoms with Gasteiger partial charge in [0.1, 0.15) is 0 Å². The van der Waals surface area contributed by atoms with E-state index in [1.165, 1.54) is 18.3 Å². The van der Waals surface area contributed by atoms with E-state index < -0.39 is 10.0 Å². The number of allylic oxidation sites excluding steroid dienone is 2. The van der Waals surface area contributed by atoms with Crippen LogP contribution in [-0.2, 0) is 10.0 Å². The molecule has 34 heavy (non-hydrogen) atoms. The van der Waals surface area contributed by atoms with Crippen molar-refractivity contribution >= 4 is 38.3 Å². The molecule has 5 rings (SSSR count). The monoisotopic (exact) mass is 471 g/mol. The number of hydrogen-bond donors (Lipinski definition) is 1. The molecule has 0 spiro atoms. The number of nitrogens with one attached hydrogen (secondary N) is 1. The van der Waals surface area contributed by atoms with E-state index in [0.717, 1.165) is 9.36 Å². The molecule has 7 nitrogen and oxygen atoms in total. The van der Waals surface area contributed by atoms with Crippen molar-refractivity contribution in [3.63, 3.8) is 0 Å². The van der Waals surface area contributed by atoms with Crippen molar-refractivity contribution in [3.05, 3.63) is 102 Å². The van der Waals surface area contributed by atoms with Gasteiger partial charge in [-0.05, 0) is 48.4 Å². The first-order valence-corrected chi connectivity index (χ1v) is 12.2. The summed E-state index contributed by atoms with van der Waals surface area (Å²) < 4.78 is 27.5. The lowest BCUT2D eigenvalue weighted by atomic mass is 9.82. The van der Waals surface area contributed by atoms with Crippen LogP contribution in [0.1, 0.15) is 34.6 Å². The second-order valence-corrected chi connectivity index (χ2v) is 10.1. The first kappa shape index (κ1) is 21.8. The van der Waals surface area contributed by atoms with Gasteiger partial charge in [0.2, 0.25) is 5.78 Å². The van der Waals surface area contributed by atoms with E-state index in [2.05, 4.69) is 10.3 Å². The number of carbonyl (C=O) groups excluding carboxylic acids is 2. The zero-order valence-electron chi connectivity index (χ0n) is 18.5. The van der Waals surface area contributed by atoms with Crippen LogP contribution in [0.25, 0.3) is 11.0 Å².